The summed E-state index contributed by atoms with van der Waals surface area (Å²) in [6.45, 7) is 4.28. The number of aliphatic hydroxyl groups is 2. The number of carbonyl (C=O) groups is 1. The molecule has 2 unspecified atom stereocenters. The van der Waals surface area contributed by atoms with E-state index in [1.54, 1.807) is 0 Å². The van der Waals surface area contributed by atoms with Crippen LogP contribution in [0.25, 0.3) is 0 Å². The van der Waals surface area contributed by atoms with Gasteiger partial charge >= 0.3 is 0 Å². The van der Waals surface area contributed by atoms with Gasteiger partial charge in [0.15, 0.2) is 0 Å². The lowest BCUT2D eigenvalue weighted by molar-refractivity contribution is -0.123. The van der Waals surface area contributed by atoms with E-state index in [9.17, 15) is 15.0 Å². The maximum absolute atomic E-state index is 12.5. The highest BCUT2D eigenvalue weighted by molar-refractivity contribution is 5.76. The van der Waals surface area contributed by atoms with Crippen LogP contribution < -0.4 is 5.32 Å². The molecule has 2 atom stereocenters. The van der Waals surface area contributed by atoms with Gasteiger partial charge in [-0.25, -0.2) is 0 Å². The van der Waals surface area contributed by atoms with Crippen molar-refractivity contribution in [3.8, 4) is 0 Å². The predicted octanol–water partition coefficient (Wildman–Crippen LogP) is 20.6. The van der Waals surface area contributed by atoms with Crippen molar-refractivity contribution in [2.75, 3.05) is 6.61 Å². The quantitative estimate of drug-likeness (QED) is 0.0420. The maximum atomic E-state index is 12.5. The fourth-order valence-electron chi connectivity index (χ4n) is 9.71. The van der Waals surface area contributed by atoms with Gasteiger partial charge in [0.2, 0.25) is 5.91 Å². The van der Waals surface area contributed by atoms with Crippen LogP contribution in [-0.4, -0.2) is 34.9 Å². The molecule has 0 rings (SSSR count). The Bertz CT molecular complexity index is 1080. The van der Waals surface area contributed by atoms with Gasteiger partial charge in [-0.3, -0.25) is 4.79 Å². The van der Waals surface area contributed by atoms with Crippen molar-refractivity contribution in [3.63, 3.8) is 0 Å². The molecule has 1 amide bonds. The molecule has 0 aliphatic carbocycles. The molecular weight excluding hydrogens is 831 g/mol. The van der Waals surface area contributed by atoms with E-state index in [2.05, 4.69) is 67.8 Å². The van der Waals surface area contributed by atoms with Crippen LogP contribution in [0.15, 0.2) is 48.6 Å². The molecule has 0 aromatic carbocycles. The van der Waals surface area contributed by atoms with Crippen molar-refractivity contribution in [1.82, 2.24) is 5.32 Å². The summed E-state index contributed by atoms with van der Waals surface area (Å²) >= 11 is 0. The summed E-state index contributed by atoms with van der Waals surface area (Å²) in [7, 11) is 0. The van der Waals surface area contributed by atoms with Crippen molar-refractivity contribution in [1.29, 1.82) is 0 Å². The molecule has 0 aliphatic heterocycles. The second-order valence-corrected chi connectivity index (χ2v) is 21.1. The van der Waals surface area contributed by atoms with Crippen LogP contribution >= 0.6 is 0 Å². The van der Waals surface area contributed by atoms with Crippen molar-refractivity contribution in [2.24, 2.45) is 0 Å². The first-order chi connectivity index (χ1) is 33.7. The average Bonchev–Trinajstić information content (AvgIpc) is 3.34. The normalized spacial score (nSPS) is 13.1. The summed E-state index contributed by atoms with van der Waals surface area (Å²) in [5, 5.41) is 23.4. The number of nitrogens with one attached hydrogen (secondary N) is 1. The summed E-state index contributed by atoms with van der Waals surface area (Å²) in [6, 6.07) is -0.536. The molecular formula is C64H121NO3. The maximum Gasteiger partial charge on any atom is 0.220 e. The van der Waals surface area contributed by atoms with Crippen LogP contribution in [0.3, 0.4) is 0 Å². The van der Waals surface area contributed by atoms with Gasteiger partial charge < -0.3 is 15.5 Å². The van der Waals surface area contributed by atoms with Gasteiger partial charge in [-0.2, -0.15) is 0 Å². The molecule has 0 aliphatic rings. The third kappa shape index (κ3) is 55.3. The molecule has 0 spiro atoms. The van der Waals surface area contributed by atoms with Crippen molar-refractivity contribution in [3.05, 3.63) is 48.6 Å². The van der Waals surface area contributed by atoms with Crippen LogP contribution in [0.4, 0.5) is 0 Å². The first-order valence-corrected chi connectivity index (χ1v) is 30.8. The Kier molecular flexibility index (Phi) is 58.2. The van der Waals surface area contributed by atoms with Crippen LogP contribution in [-0.2, 0) is 4.79 Å². The first-order valence-electron chi connectivity index (χ1n) is 30.8. The Morgan fingerprint density at radius 3 is 0.971 bits per heavy atom. The molecule has 0 saturated heterocycles. The number of rotatable bonds is 57. The van der Waals surface area contributed by atoms with Gasteiger partial charge in [-0.15, -0.1) is 0 Å². The Morgan fingerprint density at radius 1 is 0.368 bits per heavy atom. The number of aliphatic hydroxyl groups excluding tert-OH is 2. The minimum atomic E-state index is -0.660. The Labute approximate surface area is 426 Å². The van der Waals surface area contributed by atoms with E-state index < -0.39 is 12.1 Å². The Morgan fingerprint density at radius 2 is 0.647 bits per heavy atom. The molecule has 0 fully saturated rings. The fraction of sp³-hybridized carbons (Fsp3) is 0.859. The van der Waals surface area contributed by atoms with Crippen LogP contribution in [0.5, 0.6) is 0 Å². The molecule has 0 bridgehead atoms. The van der Waals surface area contributed by atoms with E-state index in [-0.39, 0.29) is 12.5 Å². The van der Waals surface area contributed by atoms with Gasteiger partial charge in [0.1, 0.15) is 0 Å². The summed E-state index contributed by atoms with van der Waals surface area (Å²) in [4.78, 5) is 12.5. The van der Waals surface area contributed by atoms with Gasteiger partial charge in [-0.1, -0.05) is 326 Å². The number of hydrogen-bond donors (Lipinski definition) is 3. The summed E-state index contributed by atoms with van der Waals surface area (Å²) in [6.07, 6.45) is 82.7. The minimum Gasteiger partial charge on any atom is -0.394 e. The largest absolute Gasteiger partial charge is 0.394 e. The second kappa shape index (κ2) is 59.7. The van der Waals surface area contributed by atoms with Crippen molar-refractivity contribution in [2.45, 2.75) is 347 Å². The van der Waals surface area contributed by atoms with Crippen molar-refractivity contribution < 1.29 is 15.0 Å². The fourth-order valence-corrected chi connectivity index (χ4v) is 9.71. The molecule has 4 heteroatoms. The lowest BCUT2D eigenvalue weighted by Gasteiger charge is -2.22. The lowest BCUT2D eigenvalue weighted by atomic mass is 10.0. The van der Waals surface area contributed by atoms with E-state index in [0.29, 0.717) is 12.8 Å². The van der Waals surface area contributed by atoms with Crippen LogP contribution in [0.1, 0.15) is 335 Å². The second-order valence-electron chi connectivity index (χ2n) is 21.1. The number of amides is 1. The van der Waals surface area contributed by atoms with Crippen LogP contribution in [0.2, 0.25) is 0 Å². The SMILES string of the molecule is CC/C=C\C/C=C\C/C=C\C/C=C\CCCCCCCCCCCCCCCCCCCCCCC(=O)NC(CO)C(O)CCCCCCCCCCCCCCCCCCCCCCCCC. The zero-order valence-corrected chi connectivity index (χ0v) is 46.1. The molecule has 4 nitrogen and oxygen atoms in total. The molecule has 0 heterocycles. The summed E-state index contributed by atoms with van der Waals surface area (Å²) in [5.41, 5.74) is 0. The van der Waals surface area contributed by atoms with E-state index in [1.807, 2.05) is 0 Å². The summed E-state index contributed by atoms with van der Waals surface area (Å²) < 4.78 is 0. The smallest absolute Gasteiger partial charge is 0.220 e. The molecule has 68 heavy (non-hydrogen) atoms. The third-order valence-corrected chi connectivity index (χ3v) is 14.4. The van der Waals surface area contributed by atoms with E-state index in [0.717, 1.165) is 51.4 Å². The zero-order chi connectivity index (χ0) is 49.2. The molecule has 0 radical (unpaired) electrons. The molecule has 3 N–H and O–H groups in total. The number of unbranched alkanes of at least 4 members (excludes halogenated alkanes) is 42. The molecule has 0 aromatic heterocycles. The van der Waals surface area contributed by atoms with Gasteiger partial charge in [0.25, 0.3) is 0 Å². The number of allylic oxidation sites excluding steroid dienone is 8. The number of hydrogen-bond acceptors (Lipinski definition) is 3. The van der Waals surface area contributed by atoms with Gasteiger partial charge in [-0.05, 0) is 51.4 Å². The highest BCUT2D eigenvalue weighted by Gasteiger charge is 2.20. The Hall–Kier alpha value is -1.65. The molecule has 0 aromatic rings. The Balaban J connectivity index is 3.41. The summed E-state index contributed by atoms with van der Waals surface area (Å²) in [5.74, 6) is -0.0252. The topological polar surface area (TPSA) is 69.6 Å². The van der Waals surface area contributed by atoms with Gasteiger partial charge in [0, 0.05) is 6.42 Å². The highest BCUT2D eigenvalue weighted by atomic mass is 16.3. The first kappa shape index (κ1) is 66.3. The average molecular weight is 953 g/mol. The molecule has 400 valence electrons. The lowest BCUT2D eigenvalue weighted by Crippen LogP contribution is -2.45. The third-order valence-electron chi connectivity index (χ3n) is 14.4. The monoisotopic (exact) mass is 952 g/mol. The minimum absolute atomic E-state index is 0.0252. The van der Waals surface area contributed by atoms with Crippen LogP contribution in [0, 0.1) is 0 Å². The van der Waals surface area contributed by atoms with E-state index in [4.69, 9.17) is 0 Å². The molecule has 0 saturated carbocycles. The number of carbonyl (C=O) groups excluding carboxylic acids is 1. The zero-order valence-electron chi connectivity index (χ0n) is 46.1. The highest BCUT2D eigenvalue weighted by Crippen LogP contribution is 2.18. The van der Waals surface area contributed by atoms with Gasteiger partial charge in [0.05, 0.1) is 18.8 Å². The van der Waals surface area contributed by atoms with Crippen molar-refractivity contribution >= 4 is 5.91 Å². The van der Waals surface area contributed by atoms with E-state index >= 15 is 0 Å². The van der Waals surface area contributed by atoms with E-state index in [1.165, 1.54) is 257 Å². The standard InChI is InChI=1S/C64H121NO3/c1-3-5-7-9-11-13-15-17-19-21-23-25-27-28-29-30-31-32-33-34-35-36-38-40-42-44-46-48-50-52-54-56-58-60-64(68)65-62(61-66)63(67)59-57-55-53-51-49-47-45-43-41-39-37-26-24-22-20-18-16-14-12-10-8-6-4-2/h5,7,11,13,17,19,23,25,62-63,66-67H,3-4,6,8-10,12,14-16,18,20-22,24,26-61H2,1-2H3,(H,65,68)/b7-5-,13-11-,19-17-,25-23-. The predicted molar refractivity (Wildman–Crippen MR) is 304 cm³/mol.